The molecule has 0 unspecified atom stereocenters. The Kier molecular flexibility index (Phi) is 30.1. The summed E-state index contributed by atoms with van der Waals surface area (Å²) in [5.41, 5.74) is 11.7. The van der Waals surface area contributed by atoms with Gasteiger partial charge in [-0.2, -0.15) is 29.9 Å². The van der Waals surface area contributed by atoms with E-state index in [0.29, 0.717) is 12.8 Å². The van der Waals surface area contributed by atoms with E-state index in [9.17, 15) is 9.59 Å². The number of nitrogens with two attached hydrogens (primary N) is 2. The number of aromatic nitrogens is 6. The SMILES string of the molecule is CCCCCCCCCCCCCCCCCC(=O)Nc1nc(N)nc(/N=C/C=N/c2nc(N)nc(NC(=O)CCCCCCCCCCCCCCCCC)n2)n1. The number of nitrogens with one attached hydrogen (secondary N) is 2. The number of carbonyl (C=O) groups is 2. The zero-order valence-corrected chi connectivity index (χ0v) is 36.3. The van der Waals surface area contributed by atoms with Crippen LogP contribution >= 0.6 is 0 Å². The third-order valence-corrected chi connectivity index (χ3v) is 10.2. The number of anilines is 4. The molecule has 326 valence electrons. The van der Waals surface area contributed by atoms with Crippen LogP contribution in [0.15, 0.2) is 9.98 Å². The zero-order valence-electron chi connectivity index (χ0n) is 36.3. The van der Waals surface area contributed by atoms with E-state index in [1.54, 1.807) is 0 Å². The predicted octanol–water partition coefficient (Wildman–Crippen LogP) is 11.7. The molecular formula is C44H78N12O2. The molecule has 2 amide bonds. The molecule has 58 heavy (non-hydrogen) atoms. The molecule has 0 saturated carbocycles. The number of aliphatic imine (C=N–C) groups is 2. The van der Waals surface area contributed by atoms with Gasteiger partial charge in [-0.1, -0.05) is 194 Å². The van der Waals surface area contributed by atoms with Crippen LogP contribution in [-0.4, -0.2) is 54.1 Å². The Hall–Kier alpha value is -4.10. The lowest BCUT2D eigenvalue weighted by Crippen LogP contribution is -2.14. The topological polar surface area (TPSA) is 212 Å². The minimum atomic E-state index is -0.179. The first-order chi connectivity index (χ1) is 28.4. The number of carbonyl (C=O) groups excluding carboxylic acids is 2. The highest BCUT2D eigenvalue weighted by atomic mass is 16.2. The molecule has 0 aromatic carbocycles. The van der Waals surface area contributed by atoms with Crippen molar-refractivity contribution in [3.05, 3.63) is 0 Å². The highest BCUT2D eigenvalue weighted by Gasteiger charge is 2.10. The molecular weight excluding hydrogens is 729 g/mol. The van der Waals surface area contributed by atoms with Crippen molar-refractivity contribution in [2.75, 3.05) is 22.1 Å². The second-order valence-corrected chi connectivity index (χ2v) is 15.7. The lowest BCUT2D eigenvalue weighted by atomic mass is 10.0. The molecule has 0 atom stereocenters. The first-order valence-corrected chi connectivity index (χ1v) is 23.1. The van der Waals surface area contributed by atoms with E-state index < -0.39 is 0 Å². The van der Waals surface area contributed by atoms with Crippen molar-refractivity contribution in [1.82, 2.24) is 29.9 Å². The number of unbranched alkanes of at least 4 members (excludes halogenated alkanes) is 28. The lowest BCUT2D eigenvalue weighted by Gasteiger charge is -2.05. The molecule has 14 nitrogen and oxygen atoms in total. The number of rotatable bonds is 37. The van der Waals surface area contributed by atoms with Gasteiger partial charge in [0.1, 0.15) is 0 Å². The van der Waals surface area contributed by atoms with Gasteiger partial charge in [0.2, 0.25) is 35.6 Å². The molecule has 2 heterocycles. The summed E-state index contributed by atoms with van der Waals surface area (Å²) in [5.74, 6) is -0.419. The normalized spacial score (nSPS) is 11.6. The molecule has 0 fully saturated rings. The van der Waals surface area contributed by atoms with Crippen LogP contribution in [0.5, 0.6) is 0 Å². The third kappa shape index (κ3) is 28.3. The Morgan fingerprint density at radius 3 is 0.948 bits per heavy atom. The highest BCUT2D eigenvalue weighted by molar-refractivity contribution is 6.17. The number of amides is 2. The third-order valence-electron chi connectivity index (χ3n) is 10.2. The largest absolute Gasteiger partial charge is 0.368 e. The molecule has 2 aromatic heterocycles. The summed E-state index contributed by atoms with van der Waals surface area (Å²) >= 11 is 0. The molecule has 0 aliphatic heterocycles. The average molecular weight is 807 g/mol. The van der Waals surface area contributed by atoms with Gasteiger partial charge in [0, 0.05) is 25.3 Å². The van der Waals surface area contributed by atoms with Crippen molar-refractivity contribution in [1.29, 1.82) is 0 Å². The van der Waals surface area contributed by atoms with Crippen LogP contribution in [0.1, 0.15) is 219 Å². The Balaban J connectivity index is 1.59. The molecule has 0 aliphatic rings. The molecule has 2 aromatic rings. The van der Waals surface area contributed by atoms with E-state index in [1.165, 1.54) is 167 Å². The second-order valence-electron chi connectivity index (χ2n) is 15.7. The maximum absolute atomic E-state index is 12.5. The molecule has 0 spiro atoms. The minimum Gasteiger partial charge on any atom is -0.368 e. The summed E-state index contributed by atoms with van der Waals surface area (Å²) in [6, 6.07) is 0. The average Bonchev–Trinajstić information content (AvgIpc) is 3.19. The first-order valence-electron chi connectivity index (χ1n) is 23.1. The van der Waals surface area contributed by atoms with E-state index in [1.807, 2.05) is 0 Å². The molecule has 0 saturated heterocycles. The fourth-order valence-electron chi connectivity index (χ4n) is 6.88. The molecule has 0 radical (unpaired) electrons. The van der Waals surface area contributed by atoms with Crippen LogP contribution in [0, 0.1) is 0 Å². The molecule has 6 N–H and O–H groups in total. The molecule has 14 heteroatoms. The van der Waals surface area contributed by atoms with Gasteiger partial charge in [-0.05, 0) is 12.8 Å². The van der Waals surface area contributed by atoms with Crippen molar-refractivity contribution in [3.8, 4) is 0 Å². The van der Waals surface area contributed by atoms with Crippen LogP contribution < -0.4 is 22.1 Å². The predicted molar refractivity (Wildman–Crippen MR) is 241 cm³/mol. The Labute approximate surface area is 350 Å². The number of nitrogen functional groups attached to an aromatic ring is 2. The number of hydrogen-bond donors (Lipinski definition) is 4. The Morgan fingerprint density at radius 1 is 0.414 bits per heavy atom. The smallest absolute Gasteiger partial charge is 0.255 e. The summed E-state index contributed by atoms with van der Waals surface area (Å²) in [4.78, 5) is 57.6. The van der Waals surface area contributed by atoms with E-state index >= 15 is 0 Å². The molecule has 0 bridgehead atoms. The maximum atomic E-state index is 12.5. The fraction of sp³-hybridized carbons (Fsp3) is 0.773. The lowest BCUT2D eigenvalue weighted by molar-refractivity contribution is -0.117. The van der Waals surface area contributed by atoms with Gasteiger partial charge in [-0.3, -0.25) is 20.2 Å². The quantitative estimate of drug-likeness (QED) is 0.0374. The van der Waals surface area contributed by atoms with E-state index in [2.05, 4.69) is 64.4 Å². The summed E-state index contributed by atoms with van der Waals surface area (Å²) in [6.45, 7) is 4.53. The summed E-state index contributed by atoms with van der Waals surface area (Å²) in [6.07, 6.45) is 41.5. The van der Waals surface area contributed by atoms with Crippen LogP contribution in [-0.2, 0) is 9.59 Å². The summed E-state index contributed by atoms with van der Waals surface area (Å²) < 4.78 is 0. The van der Waals surface area contributed by atoms with Crippen LogP contribution in [0.25, 0.3) is 0 Å². The molecule has 0 aliphatic carbocycles. The second kappa shape index (κ2) is 34.9. The first kappa shape index (κ1) is 50.0. The molecule has 2 rings (SSSR count). The zero-order chi connectivity index (χ0) is 41.7. The van der Waals surface area contributed by atoms with Crippen molar-refractivity contribution in [3.63, 3.8) is 0 Å². The van der Waals surface area contributed by atoms with Crippen LogP contribution in [0.4, 0.5) is 35.7 Å². The number of nitrogens with zero attached hydrogens (tertiary/aromatic N) is 8. The van der Waals surface area contributed by atoms with Gasteiger partial charge in [0.25, 0.3) is 11.9 Å². The number of hydrogen-bond acceptors (Lipinski definition) is 12. The standard InChI is InChI=1S/C44H78N12O2/c1-3-5-7-9-11-13-15-17-19-21-23-25-27-29-31-33-37(57)49-43-53-39(45)51-41(55-43)47-35-36-48-42-52-40(46)54-44(56-42)50-38(58)34-32-30-28-26-24-22-20-18-16-14-12-10-8-6-4-2/h35-36H,3-34H2,1-2H3,(H3,45,49,51,53,55,57)(H3,46,50,52,54,56,58)/b47-35+,48-36+. The van der Waals surface area contributed by atoms with E-state index in [0.717, 1.165) is 38.5 Å². The summed E-state index contributed by atoms with van der Waals surface area (Å²) in [7, 11) is 0. The van der Waals surface area contributed by atoms with Gasteiger partial charge < -0.3 is 11.5 Å². The Bertz CT molecular complexity index is 1320. The van der Waals surface area contributed by atoms with E-state index in [-0.39, 0.29) is 47.5 Å². The van der Waals surface area contributed by atoms with Crippen LogP contribution in [0.3, 0.4) is 0 Å². The maximum Gasteiger partial charge on any atom is 0.255 e. The Morgan fingerprint density at radius 2 is 0.672 bits per heavy atom. The fourth-order valence-corrected chi connectivity index (χ4v) is 6.88. The monoisotopic (exact) mass is 807 g/mol. The van der Waals surface area contributed by atoms with Crippen LogP contribution in [0.2, 0.25) is 0 Å². The van der Waals surface area contributed by atoms with Gasteiger partial charge in [-0.15, -0.1) is 0 Å². The highest BCUT2D eigenvalue weighted by Crippen LogP contribution is 2.17. The van der Waals surface area contributed by atoms with Crippen molar-refractivity contribution >= 4 is 59.9 Å². The summed E-state index contributed by atoms with van der Waals surface area (Å²) in [5, 5.41) is 5.38. The van der Waals surface area contributed by atoms with E-state index in [4.69, 9.17) is 11.5 Å². The van der Waals surface area contributed by atoms with Gasteiger partial charge in [0.05, 0.1) is 0 Å². The minimum absolute atomic E-state index is 0.00291. The van der Waals surface area contributed by atoms with Crippen molar-refractivity contribution < 1.29 is 9.59 Å². The van der Waals surface area contributed by atoms with Gasteiger partial charge >= 0.3 is 0 Å². The van der Waals surface area contributed by atoms with Crippen molar-refractivity contribution in [2.24, 2.45) is 9.98 Å². The van der Waals surface area contributed by atoms with Gasteiger partial charge in [0.15, 0.2) is 0 Å². The van der Waals surface area contributed by atoms with Gasteiger partial charge in [-0.25, -0.2) is 9.98 Å². The van der Waals surface area contributed by atoms with Crippen molar-refractivity contribution in [2.45, 2.75) is 219 Å².